The fourth-order valence-electron chi connectivity index (χ4n) is 2.47. The second-order valence-electron chi connectivity index (χ2n) is 5.13. The number of aromatic nitrogens is 2. The molecule has 1 atom stereocenters. The number of carbonyl (C=O) groups excluding carboxylic acids is 1. The minimum Gasteiger partial charge on any atom is -0.472 e. The van der Waals surface area contributed by atoms with Crippen molar-refractivity contribution in [2.75, 3.05) is 26.9 Å². The second-order valence-corrected chi connectivity index (χ2v) is 5.13. The summed E-state index contributed by atoms with van der Waals surface area (Å²) in [5.74, 6) is -0.178. The molecule has 0 saturated carbocycles. The van der Waals surface area contributed by atoms with E-state index in [0.717, 1.165) is 12.1 Å². The van der Waals surface area contributed by atoms with Crippen molar-refractivity contribution in [2.24, 2.45) is 0 Å². The van der Waals surface area contributed by atoms with Crippen LogP contribution in [0.5, 0.6) is 0 Å². The molecule has 0 saturated heterocycles. The summed E-state index contributed by atoms with van der Waals surface area (Å²) in [6, 6.07) is 1.63. The summed E-state index contributed by atoms with van der Waals surface area (Å²) >= 11 is 0. The van der Waals surface area contributed by atoms with Crippen LogP contribution < -0.4 is 5.32 Å². The molecule has 0 spiro atoms. The lowest BCUT2D eigenvalue weighted by Gasteiger charge is -2.22. The van der Waals surface area contributed by atoms with Crippen LogP contribution in [0.1, 0.15) is 27.7 Å². The smallest absolute Gasteiger partial charge is 0.254 e. The molecular weight excluding hydrogens is 286 g/mol. The third kappa shape index (κ3) is 3.20. The molecular formula is C15H19N3O4. The zero-order valence-electron chi connectivity index (χ0n) is 12.4. The average Bonchev–Trinajstić information content (AvgIpc) is 3.19. The first-order chi connectivity index (χ1) is 10.8. The van der Waals surface area contributed by atoms with E-state index in [0.29, 0.717) is 31.9 Å². The van der Waals surface area contributed by atoms with Crippen molar-refractivity contribution >= 4 is 5.91 Å². The van der Waals surface area contributed by atoms with Crippen molar-refractivity contribution in [1.29, 1.82) is 0 Å². The molecule has 0 aliphatic carbocycles. The van der Waals surface area contributed by atoms with Gasteiger partial charge in [-0.1, -0.05) is 0 Å². The normalized spacial score (nSPS) is 17.2. The monoisotopic (exact) mass is 305 g/mol. The predicted molar refractivity (Wildman–Crippen MR) is 77.5 cm³/mol. The van der Waals surface area contributed by atoms with Crippen molar-refractivity contribution in [3.63, 3.8) is 0 Å². The van der Waals surface area contributed by atoms with E-state index in [2.05, 4.69) is 10.4 Å². The van der Waals surface area contributed by atoms with Gasteiger partial charge in [-0.3, -0.25) is 9.48 Å². The van der Waals surface area contributed by atoms with Gasteiger partial charge in [-0.05, 0) is 18.1 Å². The molecule has 3 rings (SSSR count). The van der Waals surface area contributed by atoms with E-state index < -0.39 is 0 Å². The lowest BCUT2D eigenvalue weighted by Crippen LogP contribution is -2.31. The third-order valence-corrected chi connectivity index (χ3v) is 3.62. The third-order valence-electron chi connectivity index (χ3n) is 3.62. The van der Waals surface area contributed by atoms with Gasteiger partial charge in [0.2, 0.25) is 0 Å². The molecule has 22 heavy (non-hydrogen) atoms. The van der Waals surface area contributed by atoms with Gasteiger partial charge >= 0.3 is 0 Å². The number of fused-ring (bicyclic) bond motifs is 1. The number of methoxy groups -OCH3 is 1. The Morgan fingerprint density at radius 1 is 1.59 bits per heavy atom. The first kappa shape index (κ1) is 14.8. The van der Waals surface area contributed by atoms with Gasteiger partial charge in [0.15, 0.2) is 0 Å². The highest BCUT2D eigenvalue weighted by molar-refractivity contribution is 5.93. The Bertz CT molecular complexity index is 621. The molecule has 0 aromatic carbocycles. The molecule has 1 N–H and O–H groups in total. The Morgan fingerprint density at radius 2 is 2.50 bits per heavy atom. The van der Waals surface area contributed by atoms with Crippen molar-refractivity contribution in [3.05, 3.63) is 41.6 Å². The first-order valence-corrected chi connectivity index (χ1v) is 7.25. The number of ether oxygens (including phenoxy) is 2. The van der Waals surface area contributed by atoms with E-state index in [1.807, 2.05) is 10.9 Å². The van der Waals surface area contributed by atoms with Gasteiger partial charge in [0.25, 0.3) is 5.91 Å². The summed E-state index contributed by atoms with van der Waals surface area (Å²) in [5, 5.41) is 7.40. The predicted octanol–water partition coefficient (Wildman–Crippen LogP) is 1.17. The molecule has 1 aliphatic rings. The van der Waals surface area contributed by atoms with E-state index in [1.54, 1.807) is 13.2 Å². The SMILES string of the molecule is COCCn1cc2c(n1)[C@H](CNC(=O)c1ccoc1)OCC2. The number of furan rings is 1. The van der Waals surface area contributed by atoms with Gasteiger partial charge in [-0.15, -0.1) is 0 Å². The van der Waals surface area contributed by atoms with Crippen molar-refractivity contribution in [1.82, 2.24) is 15.1 Å². The van der Waals surface area contributed by atoms with Gasteiger partial charge in [-0.25, -0.2) is 0 Å². The van der Waals surface area contributed by atoms with Crippen LogP contribution in [0.4, 0.5) is 0 Å². The van der Waals surface area contributed by atoms with Crippen LogP contribution in [0.15, 0.2) is 29.2 Å². The molecule has 0 bridgehead atoms. The lowest BCUT2D eigenvalue weighted by atomic mass is 10.1. The summed E-state index contributed by atoms with van der Waals surface area (Å²) in [4.78, 5) is 11.9. The largest absolute Gasteiger partial charge is 0.472 e. The summed E-state index contributed by atoms with van der Waals surface area (Å²) in [7, 11) is 1.67. The van der Waals surface area contributed by atoms with Gasteiger partial charge in [0.1, 0.15) is 12.4 Å². The molecule has 0 radical (unpaired) electrons. The maximum atomic E-state index is 11.9. The van der Waals surface area contributed by atoms with Crippen molar-refractivity contribution < 1.29 is 18.7 Å². The van der Waals surface area contributed by atoms with E-state index in [-0.39, 0.29) is 12.0 Å². The van der Waals surface area contributed by atoms with E-state index in [1.165, 1.54) is 18.1 Å². The zero-order chi connectivity index (χ0) is 15.4. The summed E-state index contributed by atoms with van der Waals surface area (Å²) in [5.41, 5.74) is 2.57. The van der Waals surface area contributed by atoms with Crippen LogP contribution in [0, 0.1) is 0 Å². The van der Waals surface area contributed by atoms with Crippen LogP contribution >= 0.6 is 0 Å². The van der Waals surface area contributed by atoms with Crippen LogP contribution in [0.2, 0.25) is 0 Å². The van der Waals surface area contributed by atoms with Gasteiger partial charge in [0, 0.05) is 19.9 Å². The minimum absolute atomic E-state index is 0.178. The average molecular weight is 305 g/mol. The van der Waals surface area contributed by atoms with Crippen LogP contribution in [-0.2, 0) is 22.4 Å². The first-order valence-electron chi connectivity index (χ1n) is 7.25. The number of nitrogens with one attached hydrogen (secondary N) is 1. The Balaban J connectivity index is 1.64. The molecule has 0 unspecified atom stereocenters. The van der Waals surface area contributed by atoms with E-state index in [4.69, 9.17) is 13.9 Å². The second kappa shape index (κ2) is 6.76. The zero-order valence-corrected chi connectivity index (χ0v) is 12.4. The molecule has 118 valence electrons. The Labute approximate surface area is 128 Å². The molecule has 2 aromatic rings. The summed E-state index contributed by atoms with van der Waals surface area (Å²) in [6.45, 7) is 2.34. The maximum absolute atomic E-state index is 11.9. The van der Waals surface area contributed by atoms with Crippen LogP contribution in [0.25, 0.3) is 0 Å². The van der Waals surface area contributed by atoms with Gasteiger partial charge in [-0.2, -0.15) is 5.10 Å². The van der Waals surface area contributed by atoms with Crippen LogP contribution in [0.3, 0.4) is 0 Å². The molecule has 7 nitrogen and oxygen atoms in total. The maximum Gasteiger partial charge on any atom is 0.254 e. The quantitative estimate of drug-likeness (QED) is 0.866. The van der Waals surface area contributed by atoms with E-state index in [9.17, 15) is 4.79 Å². The number of hydrogen-bond acceptors (Lipinski definition) is 5. The Kier molecular flexibility index (Phi) is 4.55. The fourth-order valence-corrected chi connectivity index (χ4v) is 2.47. The number of carbonyl (C=O) groups is 1. The number of nitrogens with zero attached hydrogens (tertiary/aromatic N) is 2. The van der Waals surface area contributed by atoms with Gasteiger partial charge < -0.3 is 19.2 Å². The fraction of sp³-hybridized carbons (Fsp3) is 0.467. The van der Waals surface area contributed by atoms with Crippen LogP contribution in [-0.4, -0.2) is 42.6 Å². The van der Waals surface area contributed by atoms with Crippen molar-refractivity contribution in [3.8, 4) is 0 Å². The molecule has 2 aromatic heterocycles. The van der Waals surface area contributed by atoms with Crippen molar-refractivity contribution in [2.45, 2.75) is 19.1 Å². The number of amides is 1. The van der Waals surface area contributed by atoms with E-state index >= 15 is 0 Å². The standard InChI is InChI=1S/C15H19N3O4/c1-20-7-4-18-9-11-3-6-22-13(14(11)17-18)8-16-15(19)12-2-5-21-10-12/h2,5,9-10,13H,3-4,6-8H2,1H3,(H,16,19)/t13-/m0/s1. The molecule has 7 heteroatoms. The molecule has 0 fully saturated rings. The lowest BCUT2D eigenvalue weighted by molar-refractivity contribution is 0.0382. The minimum atomic E-state index is -0.219. The highest BCUT2D eigenvalue weighted by Crippen LogP contribution is 2.25. The van der Waals surface area contributed by atoms with Gasteiger partial charge in [0.05, 0.1) is 37.3 Å². The summed E-state index contributed by atoms with van der Waals surface area (Å²) < 4.78 is 17.6. The number of rotatable bonds is 6. The Hall–Kier alpha value is -2.12. The molecule has 1 aliphatic heterocycles. The topological polar surface area (TPSA) is 78.5 Å². The highest BCUT2D eigenvalue weighted by atomic mass is 16.5. The highest BCUT2D eigenvalue weighted by Gasteiger charge is 2.25. The Morgan fingerprint density at radius 3 is 3.27 bits per heavy atom. The molecule has 1 amide bonds. The molecule has 3 heterocycles. The summed E-state index contributed by atoms with van der Waals surface area (Å²) in [6.07, 6.45) is 5.54. The number of hydrogen-bond donors (Lipinski definition) is 1.